The van der Waals surface area contributed by atoms with Gasteiger partial charge in [0.15, 0.2) is 0 Å². The van der Waals surface area contributed by atoms with E-state index in [-0.39, 0.29) is 10.5 Å². The van der Waals surface area contributed by atoms with Crippen molar-refractivity contribution in [2.24, 2.45) is 5.14 Å². The van der Waals surface area contributed by atoms with Crippen molar-refractivity contribution < 1.29 is 8.42 Å². The Bertz CT molecular complexity index is 1540. The predicted molar refractivity (Wildman–Crippen MR) is 121 cm³/mol. The molecule has 0 fully saturated rings. The molecule has 0 saturated carbocycles. The third-order valence-electron chi connectivity index (χ3n) is 5.21. The van der Waals surface area contributed by atoms with Crippen LogP contribution in [0.1, 0.15) is 17.0 Å². The lowest BCUT2D eigenvalue weighted by Gasteiger charge is -2.10. The largest absolute Gasteiger partial charge is 0.318 e. The lowest BCUT2D eigenvalue weighted by atomic mass is 10.2. The van der Waals surface area contributed by atoms with Gasteiger partial charge < -0.3 is 4.57 Å². The smallest absolute Gasteiger partial charge is 0.279 e. The van der Waals surface area contributed by atoms with E-state index in [0.29, 0.717) is 10.6 Å². The van der Waals surface area contributed by atoms with E-state index in [1.54, 1.807) is 12.1 Å². The van der Waals surface area contributed by atoms with E-state index in [4.69, 9.17) is 5.14 Å². The number of nitrogens with zero attached hydrogens (tertiary/aromatic N) is 2. The number of benzene rings is 2. The molecule has 0 radical (unpaired) electrons. The van der Waals surface area contributed by atoms with Gasteiger partial charge in [0.25, 0.3) is 5.56 Å². The molecule has 7 nitrogen and oxygen atoms in total. The Labute approximate surface area is 179 Å². The predicted octanol–water partition coefficient (Wildman–Crippen LogP) is 1.46. The summed E-state index contributed by atoms with van der Waals surface area (Å²) in [7, 11) is -3.75. The molecule has 2 aromatic carbocycles. The Kier molecular flexibility index (Phi) is 5.04. The molecular formula is C23H22N4O3S. The number of para-hydroxylation sites is 1. The van der Waals surface area contributed by atoms with E-state index < -0.39 is 10.0 Å². The van der Waals surface area contributed by atoms with Crippen LogP contribution in [0.2, 0.25) is 0 Å². The molecule has 2 aromatic heterocycles. The van der Waals surface area contributed by atoms with Gasteiger partial charge in [0.1, 0.15) is 0 Å². The van der Waals surface area contributed by atoms with Gasteiger partial charge in [0.2, 0.25) is 10.0 Å². The number of primary sulfonamides is 1. The lowest BCUT2D eigenvalue weighted by Crippen LogP contribution is -2.34. The minimum absolute atomic E-state index is 0.0565. The third-order valence-corrected chi connectivity index (χ3v) is 6.14. The number of H-pyrrole nitrogens is 1. The minimum Gasteiger partial charge on any atom is -0.318 e. The Morgan fingerprint density at radius 1 is 1.00 bits per heavy atom. The number of aromatic nitrogens is 3. The molecule has 0 atom stereocenters. The maximum absolute atomic E-state index is 13.0. The fourth-order valence-electron chi connectivity index (χ4n) is 3.67. The van der Waals surface area contributed by atoms with Crippen LogP contribution in [0.4, 0.5) is 0 Å². The van der Waals surface area contributed by atoms with Crippen LogP contribution in [0.15, 0.2) is 70.4 Å². The maximum atomic E-state index is 13.0. The van der Waals surface area contributed by atoms with Gasteiger partial charge in [0.05, 0.1) is 21.2 Å². The van der Waals surface area contributed by atoms with E-state index in [9.17, 15) is 13.2 Å². The number of nitrogens with one attached hydrogen (secondary N) is 1. The molecule has 0 aliphatic rings. The van der Waals surface area contributed by atoms with Crippen LogP contribution in [0.25, 0.3) is 24.0 Å². The second-order valence-electron chi connectivity index (χ2n) is 7.33. The van der Waals surface area contributed by atoms with E-state index in [1.165, 1.54) is 16.8 Å². The second-order valence-corrected chi connectivity index (χ2v) is 8.89. The highest BCUT2D eigenvalue weighted by molar-refractivity contribution is 7.89. The van der Waals surface area contributed by atoms with Crippen molar-refractivity contribution in [1.29, 1.82) is 0 Å². The highest BCUT2D eigenvalue weighted by Crippen LogP contribution is 2.22. The number of aromatic amines is 1. The molecule has 8 heteroatoms. The summed E-state index contributed by atoms with van der Waals surface area (Å²) in [6, 6.07) is 17.6. The van der Waals surface area contributed by atoms with Gasteiger partial charge in [0, 0.05) is 17.1 Å². The molecule has 0 bridgehead atoms. The Morgan fingerprint density at radius 2 is 1.65 bits per heavy atom. The zero-order valence-electron chi connectivity index (χ0n) is 17.2. The molecule has 0 aliphatic carbocycles. The fraction of sp³-hybridized carbons (Fsp3) is 0.0870. The Hall–Kier alpha value is -3.62. The van der Waals surface area contributed by atoms with Crippen LogP contribution in [0.3, 0.4) is 0 Å². The average molecular weight is 435 g/mol. The monoisotopic (exact) mass is 434 g/mol. The molecule has 31 heavy (non-hydrogen) atoms. The first-order valence-corrected chi connectivity index (χ1v) is 11.1. The quantitative estimate of drug-likeness (QED) is 0.508. The SMILES string of the molecule is C=c1[nH]n(-c2ccccc2)c(=O)/c1=C/c1cc(C)n(-c2ccc(S(N)(=O)=O)cc2)c1C. The van der Waals surface area contributed by atoms with Gasteiger partial charge in [-0.05, 0) is 68.0 Å². The van der Waals surface area contributed by atoms with Crippen molar-refractivity contribution in [3.63, 3.8) is 0 Å². The molecule has 158 valence electrons. The first kappa shape index (κ1) is 20.6. The van der Waals surface area contributed by atoms with Crippen LogP contribution < -0.4 is 21.3 Å². The minimum atomic E-state index is -3.75. The number of aryl methyl sites for hydroxylation is 1. The second kappa shape index (κ2) is 7.57. The summed E-state index contributed by atoms with van der Waals surface area (Å²) in [4.78, 5) is 13.0. The zero-order chi connectivity index (χ0) is 22.3. The number of rotatable bonds is 4. The summed E-state index contributed by atoms with van der Waals surface area (Å²) in [6.45, 7) is 7.88. The summed E-state index contributed by atoms with van der Waals surface area (Å²) < 4.78 is 26.5. The third kappa shape index (κ3) is 3.78. The van der Waals surface area contributed by atoms with Gasteiger partial charge in [-0.15, -0.1) is 0 Å². The van der Waals surface area contributed by atoms with Gasteiger partial charge in [-0.25, -0.2) is 18.2 Å². The fourth-order valence-corrected chi connectivity index (χ4v) is 4.19. The van der Waals surface area contributed by atoms with Crippen LogP contribution >= 0.6 is 0 Å². The standard InChI is InChI=1S/C23H22N4O3S/c1-15-13-18(17(3)26(15)19-9-11-21(12-10-19)31(24,29)30)14-22-16(2)25-27(23(22)28)20-7-5-4-6-8-20/h4-14,25H,2H2,1,3H3,(H2,24,29,30)/b22-14+. The van der Waals surface area contributed by atoms with Gasteiger partial charge in [-0.3, -0.25) is 9.89 Å². The van der Waals surface area contributed by atoms with Gasteiger partial charge in [-0.1, -0.05) is 24.8 Å². The molecule has 0 amide bonds. The first-order chi connectivity index (χ1) is 14.7. The van der Waals surface area contributed by atoms with E-state index in [1.807, 2.05) is 60.9 Å². The molecule has 0 unspecified atom stereocenters. The molecule has 4 aromatic rings. The summed E-state index contributed by atoms with van der Waals surface area (Å²) in [6.07, 6.45) is 1.82. The topological polar surface area (TPSA) is 103 Å². The lowest BCUT2D eigenvalue weighted by molar-refractivity contribution is 0.598. The number of hydrogen-bond donors (Lipinski definition) is 2. The normalized spacial score (nSPS) is 12.4. The first-order valence-electron chi connectivity index (χ1n) is 9.56. The van der Waals surface area contributed by atoms with Crippen molar-refractivity contribution >= 4 is 22.7 Å². The molecular weight excluding hydrogens is 412 g/mol. The highest BCUT2D eigenvalue weighted by atomic mass is 32.2. The van der Waals surface area contributed by atoms with Crippen LogP contribution in [-0.2, 0) is 10.0 Å². The zero-order valence-corrected chi connectivity index (χ0v) is 18.0. The van der Waals surface area contributed by atoms with Crippen molar-refractivity contribution in [2.45, 2.75) is 18.7 Å². The van der Waals surface area contributed by atoms with Crippen molar-refractivity contribution in [3.8, 4) is 11.4 Å². The molecule has 0 spiro atoms. The Morgan fingerprint density at radius 3 is 2.26 bits per heavy atom. The molecule has 0 saturated heterocycles. The van der Waals surface area contributed by atoms with Crippen molar-refractivity contribution in [1.82, 2.24) is 14.3 Å². The molecule has 2 heterocycles. The summed E-state index contributed by atoms with van der Waals surface area (Å²) in [5, 5.41) is 9.22. The van der Waals surface area contributed by atoms with Crippen LogP contribution in [0, 0.1) is 13.8 Å². The summed E-state index contributed by atoms with van der Waals surface area (Å²) >= 11 is 0. The number of hydrogen-bond acceptors (Lipinski definition) is 3. The van der Waals surface area contributed by atoms with Gasteiger partial charge in [-0.2, -0.15) is 0 Å². The summed E-state index contributed by atoms with van der Waals surface area (Å²) in [5.74, 6) is 0. The maximum Gasteiger partial charge on any atom is 0.279 e. The number of sulfonamides is 1. The summed E-state index contributed by atoms with van der Waals surface area (Å²) in [5.41, 5.74) is 4.07. The van der Waals surface area contributed by atoms with E-state index >= 15 is 0 Å². The van der Waals surface area contributed by atoms with Gasteiger partial charge >= 0.3 is 0 Å². The van der Waals surface area contributed by atoms with Crippen LogP contribution in [0.5, 0.6) is 0 Å². The molecule has 0 aliphatic heterocycles. The average Bonchev–Trinajstić information content (AvgIpc) is 3.18. The van der Waals surface area contributed by atoms with Crippen molar-refractivity contribution in [3.05, 3.63) is 98.5 Å². The van der Waals surface area contributed by atoms with E-state index in [2.05, 4.69) is 11.7 Å². The van der Waals surface area contributed by atoms with E-state index in [0.717, 1.165) is 28.3 Å². The van der Waals surface area contributed by atoms with Crippen LogP contribution in [-0.4, -0.2) is 22.8 Å². The molecule has 4 rings (SSSR count). The highest BCUT2D eigenvalue weighted by Gasteiger charge is 2.13. The van der Waals surface area contributed by atoms with Crippen molar-refractivity contribution in [2.75, 3.05) is 0 Å². The Balaban J connectivity index is 1.82. The molecule has 3 N–H and O–H groups in total. The number of nitrogens with two attached hydrogens (primary N) is 1.